The van der Waals surface area contributed by atoms with E-state index in [0.717, 1.165) is 13.0 Å². The van der Waals surface area contributed by atoms with Crippen LogP contribution in [0.25, 0.3) is 0 Å². The van der Waals surface area contributed by atoms with Crippen molar-refractivity contribution < 1.29 is 0 Å². The van der Waals surface area contributed by atoms with E-state index in [1.165, 1.54) is 31.5 Å². The predicted octanol–water partition coefficient (Wildman–Crippen LogP) is 2.52. The highest BCUT2D eigenvalue weighted by Crippen LogP contribution is 2.04. The smallest absolute Gasteiger partial charge is 0.109 e. The molecule has 92 valence electrons. The highest BCUT2D eigenvalue weighted by molar-refractivity contribution is 4.91. The number of aromatic nitrogens is 2. The number of rotatable bonds is 8. The molecule has 0 saturated carbocycles. The zero-order chi connectivity index (χ0) is 11.8. The molecule has 3 nitrogen and oxygen atoms in total. The minimum atomic E-state index is 0.690. The van der Waals surface area contributed by atoms with Crippen molar-refractivity contribution in [1.29, 1.82) is 0 Å². The van der Waals surface area contributed by atoms with Gasteiger partial charge in [-0.25, -0.2) is 4.98 Å². The zero-order valence-corrected chi connectivity index (χ0v) is 10.9. The molecule has 0 bridgehead atoms. The number of nitrogens with zero attached hydrogens (tertiary/aromatic N) is 2. The van der Waals surface area contributed by atoms with Crippen molar-refractivity contribution in [1.82, 2.24) is 14.9 Å². The molecule has 0 fully saturated rings. The minimum absolute atomic E-state index is 0.690. The third-order valence-electron chi connectivity index (χ3n) is 2.98. The molecule has 0 radical (unpaired) electrons. The molecule has 16 heavy (non-hydrogen) atoms. The van der Waals surface area contributed by atoms with Crippen LogP contribution in [0.2, 0.25) is 0 Å². The molecule has 0 saturated heterocycles. The second-order valence-electron chi connectivity index (χ2n) is 4.43. The van der Waals surface area contributed by atoms with Crippen LogP contribution >= 0.6 is 0 Å². The van der Waals surface area contributed by atoms with Gasteiger partial charge in [-0.3, -0.25) is 0 Å². The Labute approximate surface area is 99.3 Å². The number of hydrogen-bond acceptors (Lipinski definition) is 2. The highest BCUT2D eigenvalue weighted by Gasteiger charge is 2.06. The molecule has 3 heteroatoms. The van der Waals surface area contributed by atoms with E-state index in [2.05, 4.69) is 35.8 Å². The summed E-state index contributed by atoms with van der Waals surface area (Å²) in [6.45, 7) is 5.54. The SMILES string of the molecule is CCCC(CCC)NCCc1nccn1C. The summed E-state index contributed by atoms with van der Waals surface area (Å²) in [6, 6.07) is 0.690. The van der Waals surface area contributed by atoms with E-state index in [9.17, 15) is 0 Å². The maximum absolute atomic E-state index is 4.33. The van der Waals surface area contributed by atoms with Gasteiger partial charge in [0.25, 0.3) is 0 Å². The van der Waals surface area contributed by atoms with Crippen LogP contribution < -0.4 is 5.32 Å². The van der Waals surface area contributed by atoms with Gasteiger partial charge < -0.3 is 9.88 Å². The summed E-state index contributed by atoms with van der Waals surface area (Å²) >= 11 is 0. The lowest BCUT2D eigenvalue weighted by atomic mass is 10.1. The van der Waals surface area contributed by atoms with E-state index in [4.69, 9.17) is 0 Å². The normalized spacial score (nSPS) is 11.2. The maximum Gasteiger partial charge on any atom is 0.109 e. The topological polar surface area (TPSA) is 29.9 Å². The Hall–Kier alpha value is -0.830. The van der Waals surface area contributed by atoms with Gasteiger partial charge in [0, 0.05) is 38.4 Å². The summed E-state index contributed by atoms with van der Waals surface area (Å²) in [5, 5.41) is 3.63. The Morgan fingerprint density at radius 3 is 2.50 bits per heavy atom. The largest absolute Gasteiger partial charge is 0.338 e. The second-order valence-corrected chi connectivity index (χ2v) is 4.43. The summed E-state index contributed by atoms with van der Waals surface area (Å²) in [5.74, 6) is 1.17. The van der Waals surface area contributed by atoms with Crippen LogP contribution in [0.15, 0.2) is 12.4 Å². The van der Waals surface area contributed by atoms with Crippen LogP contribution in [-0.2, 0) is 13.5 Å². The first-order chi connectivity index (χ1) is 7.77. The van der Waals surface area contributed by atoms with Gasteiger partial charge in [0.1, 0.15) is 5.82 Å². The lowest BCUT2D eigenvalue weighted by molar-refractivity contribution is 0.444. The van der Waals surface area contributed by atoms with Gasteiger partial charge in [-0.2, -0.15) is 0 Å². The van der Waals surface area contributed by atoms with E-state index < -0.39 is 0 Å². The fourth-order valence-corrected chi connectivity index (χ4v) is 2.07. The highest BCUT2D eigenvalue weighted by atomic mass is 15.0. The molecule has 0 amide bonds. The molecular weight excluding hydrogens is 198 g/mol. The van der Waals surface area contributed by atoms with Crippen molar-refractivity contribution in [2.24, 2.45) is 7.05 Å². The van der Waals surface area contributed by atoms with Crippen molar-refractivity contribution >= 4 is 0 Å². The Kier molecular flexibility index (Phi) is 6.16. The van der Waals surface area contributed by atoms with Gasteiger partial charge in [0.2, 0.25) is 0 Å². The van der Waals surface area contributed by atoms with Crippen LogP contribution in [0.3, 0.4) is 0 Å². The quantitative estimate of drug-likeness (QED) is 0.734. The maximum atomic E-state index is 4.33. The summed E-state index contributed by atoms with van der Waals surface area (Å²) < 4.78 is 2.09. The van der Waals surface area contributed by atoms with Gasteiger partial charge in [-0.1, -0.05) is 26.7 Å². The average molecular weight is 223 g/mol. The lowest BCUT2D eigenvalue weighted by Crippen LogP contribution is -2.31. The molecule has 0 aliphatic heterocycles. The fourth-order valence-electron chi connectivity index (χ4n) is 2.07. The summed E-state index contributed by atoms with van der Waals surface area (Å²) in [5.41, 5.74) is 0. The number of hydrogen-bond donors (Lipinski definition) is 1. The van der Waals surface area contributed by atoms with Crippen LogP contribution in [0.1, 0.15) is 45.4 Å². The minimum Gasteiger partial charge on any atom is -0.338 e. The van der Waals surface area contributed by atoms with Gasteiger partial charge in [0.15, 0.2) is 0 Å². The van der Waals surface area contributed by atoms with Crippen LogP contribution in [0, 0.1) is 0 Å². The molecule has 0 unspecified atom stereocenters. The second kappa shape index (κ2) is 7.44. The molecule has 0 spiro atoms. The van der Waals surface area contributed by atoms with E-state index in [1.54, 1.807) is 0 Å². The molecule has 1 N–H and O–H groups in total. The van der Waals surface area contributed by atoms with E-state index >= 15 is 0 Å². The standard InChI is InChI=1S/C13H25N3/c1-4-6-12(7-5-2)14-9-8-13-15-10-11-16(13)3/h10-12,14H,4-9H2,1-3H3. The third-order valence-corrected chi connectivity index (χ3v) is 2.98. The van der Waals surface area contributed by atoms with Crippen molar-refractivity contribution in [2.75, 3.05) is 6.54 Å². The molecule has 1 rings (SSSR count). The first-order valence-corrected chi connectivity index (χ1v) is 6.47. The first kappa shape index (κ1) is 13.2. The van der Waals surface area contributed by atoms with E-state index in [-0.39, 0.29) is 0 Å². The number of imidazole rings is 1. The third kappa shape index (κ3) is 4.35. The van der Waals surface area contributed by atoms with Crippen molar-refractivity contribution in [3.05, 3.63) is 18.2 Å². The molecular formula is C13H25N3. The predicted molar refractivity (Wildman–Crippen MR) is 68.5 cm³/mol. The molecule has 1 aromatic rings. The molecule has 0 atom stereocenters. The average Bonchev–Trinajstić information content (AvgIpc) is 2.65. The summed E-state index contributed by atoms with van der Waals surface area (Å²) in [6.07, 6.45) is 9.99. The Balaban J connectivity index is 2.24. The first-order valence-electron chi connectivity index (χ1n) is 6.47. The molecule has 1 heterocycles. The summed E-state index contributed by atoms with van der Waals surface area (Å²) in [7, 11) is 2.05. The van der Waals surface area contributed by atoms with E-state index in [0.29, 0.717) is 6.04 Å². The van der Waals surface area contributed by atoms with Crippen LogP contribution in [-0.4, -0.2) is 22.1 Å². The van der Waals surface area contributed by atoms with Gasteiger partial charge in [0.05, 0.1) is 0 Å². The van der Waals surface area contributed by atoms with Gasteiger partial charge in [-0.15, -0.1) is 0 Å². The Bertz CT molecular complexity index is 274. The monoisotopic (exact) mass is 223 g/mol. The van der Waals surface area contributed by atoms with E-state index in [1.807, 2.05) is 12.4 Å². The van der Waals surface area contributed by atoms with Gasteiger partial charge in [-0.05, 0) is 12.8 Å². The van der Waals surface area contributed by atoms with Crippen molar-refractivity contribution in [2.45, 2.75) is 52.0 Å². The lowest BCUT2D eigenvalue weighted by Gasteiger charge is -2.17. The fraction of sp³-hybridized carbons (Fsp3) is 0.769. The molecule has 0 aliphatic carbocycles. The van der Waals surface area contributed by atoms with Gasteiger partial charge >= 0.3 is 0 Å². The Morgan fingerprint density at radius 2 is 2.00 bits per heavy atom. The summed E-state index contributed by atoms with van der Waals surface area (Å²) in [4.78, 5) is 4.33. The van der Waals surface area contributed by atoms with Crippen molar-refractivity contribution in [3.63, 3.8) is 0 Å². The molecule has 0 aromatic carbocycles. The Morgan fingerprint density at radius 1 is 1.31 bits per heavy atom. The zero-order valence-electron chi connectivity index (χ0n) is 10.9. The van der Waals surface area contributed by atoms with Crippen molar-refractivity contribution in [3.8, 4) is 0 Å². The van der Waals surface area contributed by atoms with Crippen LogP contribution in [0.5, 0.6) is 0 Å². The number of aryl methyl sites for hydroxylation is 1. The number of nitrogens with one attached hydrogen (secondary N) is 1. The molecule has 0 aliphatic rings. The molecule has 1 aromatic heterocycles. The van der Waals surface area contributed by atoms with Crippen LogP contribution in [0.4, 0.5) is 0 Å².